The molecular weight excluding hydrogens is 258 g/mol. The Kier molecular flexibility index (Phi) is 2.44. The summed E-state index contributed by atoms with van der Waals surface area (Å²) in [5.74, 6) is 1.22. The highest BCUT2D eigenvalue weighted by Crippen LogP contribution is 2.58. The molecule has 5 rings (SSSR count). The Morgan fingerprint density at radius 2 is 1.90 bits per heavy atom. The Hall–Kier alpha value is -1.70. The van der Waals surface area contributed by atoms with Crippen molar-refractivity contribution >= 4 is 5.69 Å². The molecule has 1 fully saturated rings. The highest BCUT2D eigenvalue weighted by molar-refractivity contribution is 5.62. The van der Waals surface area contributed by atoms with Gasteiger partial charge in [0.15, 0.2) is 0 Å². The summed E-state index contributed by atoms with van der Waals surface area (Å²) < 4.78 is 5.92. The number of furan rings is 1. The Labute approximate surface area is 126 Å². The fourth-order valence-corrected chi connectivity index (χ4v) is 4.60. The minimum Gasteiger partial charge on any atom is -0.468 e. The van der Waals surface area contributed by atoms with E-state index in [1.54, 1.807) is 0 Å². The topological polar surface area (TPSA) is 16.4 Å². The summed E-state index contributed by atoms with van der Waals surface area (Å²) in [5, 5.41) is 0. The second-order valence-corrected chi connectivity index (χ2v) is 7.19. The van der Waals surface area contributed by atoms with Crippen molar-refractivity contribution in [2.45, 2.75) is 57.5 Å². The molecule has 3 atom stereocenters. The average Bonchev–Trinajstić information content (AvgIpc) is 2.96. The molecule has 3 unspecified atom stereocenters. The van der Waals surface area contributed by atoms with Crippen molar-refractivity contribution in [2.75, 3.05) is 4.90 Å². The molecule has 0 spiro atoms. The largest absolute Gasteiger partial charge is 0.468 e. The number of hydrogen-bond acceptors (Lipinski definition) is 2. The van der Waals surface area contributed by atoms with Crippen molar-refractivity contribution in [3.05, 3.63) is 53.5 Å². The lowest BCUT2D eigenvalue weighted by Crippen LogP contribution is -2.65. The SMILES string of the molecule is Cc1ccccc1N1C(C)C2(C)CCC1(C)c1ccoc12. The van der Waals surface area contributed by atoms with Gasteiger partial charge in [-0.25, -0.2) is 0 Å². The van der Waals surface area contributed by atoms with Crippen molar-refractivity contribution in [1.29, 1.82) is 0 Å². The first kappa shape index (κ1) is 13.0. The van der Waals surface area contributed by atoms with E-state index in [0.717, 1.165) is 0 Å². The lowest BCUT2D eigenvalue weighted by molar-refractivity contribution is 0.138. The van der Waals surface area contributed by atoms with Crippen LogP contribution in [0.4, 0.5) is 5.69 Å². The van der Waals surface area contributed by atoms with Crippen LogP contribution in [0.25, 0.3) is 0 Å². The van der Waals surface area contributed by atoms with Gasteiger partial charge >= 0.3 is 0 Å². The van der Waals surface area contributed by atoms with Gasteiger partial charge in [0.2, 0.25) is 0 Å². The Morgan fingerprint density at radius 1 is 1.14 bits per heavy atom. The third kappa shape index (κ3) is 1.43. The van der Waals surface area contributed by atoms with Gasteiger partial charge in [-0.05, 0) is 51.3 Å². The summed E-state index contributed by atoms with van der Waals surface area (Å²) in [6.07, 6.45) is 4.27. The molecule has 110 valence electrons. The molecular formula is C19H23NO. The van der Waals surface area contributed by atoms with E-state index in [1.807, 2.05) is 6.26 Å². The summed E-state index contributed by atoms with van der Waals surface area (Å²) in [6.45, 7) is 9.31. The fraction of sp³-hybridized carbons (Fsp3) is 0.474. The predicted octanol–water partition coefficient (Wildman–Crippen LogP) is 4.76. The molecule has 2 bridgehead atoms. The Balaban J connectivity index is 1.97. The maximum Gasteiger partial charge on any atom is 0.117 e. The Morgan fingerprint density at radius 3 is 2.67 bits per heavy atom. The molecule has 0 radical (unpaired) electrons. The van der Waals surface area contributed by atoms with Gasteiger partial charge in [-0.2, -0.15) is 0 Å². The first-order valence-corrected chi connectivity index (χ1v) is 7.92. The zero-order valence-corrected chi connectivity index (χ0v) is 13.3. The van der Waals surface area contributed by atoms with Crippen LogP contribution < -0.4 is 4.90 Å². The second kappa shape index (κ2) is 3.94. The minimum absolute atomic E-state index is 0.0472. The van der Waals surface area contributed by atoms with Crippen LogP contribution in [0.3, 0.4) is 0 Å². The second-order valence-electron chi connectivity index (χ2n) is 7.19. The predicted molar refractivity (Wildman–Crippen MR) is 85.8 cm³/mol. The fourth-order valence-electron chi connectivity index (χ4n) is 4.60. The summed E-state index contributed by atoms with van der Waals surface area (Å²) in [5.41, 5.74) is 4.26. The molecule has 2 nitrogen and oxygen atoms in total. The molecule has 2 aliphatic heterocycles. The Bertz CT molecular complexity index is 703. The number of fused-ring (bicyclic) bond motifs is 2. The van der Waals surface area contributed by atoms with E-state index in [1.165, 1.54) is 35.4 Å². The lowest BCUT2D eigenvalue weighted by atomic mass is 9.59. The molecule has 3 aliphatic rings. The molecule has 1 aromatic heterocycles. The van der Waals surface area contributed by atoms with Gasteiger partial charge in [-0.3, -0.25) is 0 Å². The summed E-state index contributed by atoms with van der Waals surface area (Å²) >= 11 is 0. The highest BCUT2D eigenvalue weighted by Gasteiger charge is 2.58. The van der Waals surface area contributed by atoms with Crippen LogP contribution in [0, 0.1) is 6.92 Å². The van der Waals surface area contributed by atoms with Crippen LogP contribution >= 0.6 is 0 Å². The van der Waals surface area contributed by atoms with Crippen LogP contribution in [0.2, 0.25) is 0 Å². The lowest BCUT2D eigenvalue weighted by Gasteiger charge is -2.61. The van der Waals surface area contributed by atoms with E-state index in [9.17, 15) is 0 Å². The minimum atomic E-state index is 0.0472. The van der Waals surface area contributed by atoms with Crippen LogP contribution in [-0.4, -0.2) is 6.04 Å². The number of rotatable bonds is 1. The molecule has 1 aromatic carbocycles. The zero-order valence-electron chi connectivity index (χ0n) is 13.3. The van der Waals surface area contributed by atoms with Crippen molar-refractivity contribution in [3.63, 3.8) is 0 Å². The van der Waals surface area contributed by atoms with E-state index < -0.39 is 0 Å². The zero-order chi connectivity index (χ0) is 14.8. The van der Waals surface area contributed by atoms with Crippen molar-refractivity contribution in [2.24, 2.45) is 0 Å². The van der Waals surface area contributed by atoms with Crippen molar-refractivity contribution in [1.82, 2.24) is 0 Å². The van der Waals surface area contributed by atoms with Gasteiger partial charge in [0.05, 0.1) is 11.8 Å². The maximum absolute atomic E-state index is 5.92. The van der Waals surface area contributed by atoms with E-state index >= 15 is 0 Å². The molecule has 3 heterocycles. The first-order chi connectivity index (χ1) is 9.98. The van der Waals surface area contributed by atoms with E-state index in [0.29, 0.717) is 6.04 Å². The van der Waals surface area contributed by atoms with E-state index in [-0.39, 0.29) is 11.0 Å². The molecule has 0 saturated carbocycles. The summed E-state index contributed by atoms with van der Waals surface area (Å²) in [6, 6.07) is 11.4. The van der Waals surface area contributed by atoms with Gasteiger partial charge in [-0.1, -0.05) is 25.1 Å². The van der Waals surface area contributed by atoms with Crippen LogP contribution in [0.1, 0.15) is 50.5 Å². The monoisotopic (exact) mass is 281 g/mol. The van der Waals surface area contributed by atoms with Gasteiger partial charge < -0.3 is 9.32 Å². The number of para-hydroxylation sites is 1. The number of nitrogens with zero attached hydrogens (tertiary/aromatic N) is 1. The molecule has 0 amide bonds. The number of piperidine rings is 1. The maximum atomic E-state index is 5.92. The van der Waals surface area contributed by atoms with Gasteiger partial charge in [0.25, 0.3) is 0 Å². The molecule has 1 saturated heterocycles. The van der Waals surface area contributed by atoms with Gasteiger partial charge in [-0.15, -0.1) is 0 Å². The van der Waals surface area contributed by atoms with Crippen LogP contribution in [-0.2, 0) is 11.0 Å². The smallest absolute Gasteiger partial charge is 0.117 e. The molecule has 21 heavy (non-hydrogen) atoms. The number of anilines is 1. The van der Waals surface area contributed by atoms with Gasteiger partial charge in [0, 0.05) is 22.7 Å². The molecule has 2 aromatic rings. The quantitative estimate of drug-likeness (QED) is 0.749. The third-order valence-electron chi connectivity index (χ3n) is 6.11. The number of benzene rings is 1. The molecule has 1 aliphatic carbocycles. The standard InChI is InChI=1S/C19H23NO/c1-13-7-5-6-8-16(13)20-14(2)18(3)10-11-19(20,4)15-9-12-21-17(15)18/h5-9,12,14H,10-11H2,1-4H3. The highest BCUT2D eigenvalue weighted by atomic mass is 16.3. The van der Waals surface area contributed by atoms with Crippen LogP contribution in [0.5, 0.6) is 0 Å². The molecule has 0 N–H and O–H groups in total. The summed E-state index contributed by atoms with van der Waals surface area (Å²) in [7, 11) is 0. The van der Waals surface area contributed by atoms with E-state index in [4.69, 9.17) is 4.42 Å². The molecule has 2 heteroatoms. The van der Waals surface area contributed by atoms with E-state index in [2.05, 4.69) is 62.9 Å². The van der Waals surface area contributed by atoms with Crippen LogP contribution in [0.15, 0.2) is 41.0 Å². The average molecular weight is 281 g/mol. The van der Waals surface area contributed by atoms with Crippen molar-refractivity contribution in [3.8, 4) is 0 Å². The third-order valence-corrected chi connectivity index (χ3v) is 6.11. The first-order valence-electron chi connectivity index (χ1n) is 7.92. The van der Waals surface area contributed by atoms with Gasteiger partial charge in [0.1, 0.15) is 5.76 Å². The normalized spacial score (nSPS) is 34.1. The van der Waals surface area contributed by atoms with Crippen molar-refractivity contribution < 1.29 is 4.42 Å². The number of hydrogen-bond donors (Lipinski definition) is 0. The summed E-state index contributed by atoms with van der Waals surface area (Å²) in [4.78, 5) is 2.64. The number of aryl methyl sites for hydroxylation is 1.